The minimum absolute atomic E-state index is 0.288. The standard InChI is InChI=1S/C19H14BrN3O2/c1-12-14-8-7-13(20)11-17(14)25-18(12)19(24)22-15-5-2-3-6-16(15)23-10-4-9-21-23/h2-11H,1H3,(H,22,24). The van der Waals surface area contributed by atoms with Gasteiger partial charge in [0.05, 0.1) is 11.4 Å². The molecule has 4 rings (SSSR count). The van der Waals surface area contributed by atoms with Gasteiger partial charge >= 0.3 is 0 Å². The van der Waals surface area contributed by atoms with E-state index >= 15 is 0 Å². The summed E-state index contributed by atoms with van der Waals surface area (Å²) < 4.78 is 8.39. The van der Waals surface area contributed by atoms with Crippen LogP contribution in [0.4, 0.5) is 5.69 Å². The molecule has 0 bridgehead atoms. The van der Waals surface area contributed by atoms with Crippen LogP contribution in [0.1, 0.15) is 16.1 Å². The molecule has 0 aliphatic carbocycles. The Hall–Kier alpha value is -2.86. The van der Waals surface area contributed by atoms with Crippen molar-refractivity contribution in [1.29, 1.82) is 0 Å². The number of halogens is 1. The van der Waals surface area contributed by atoms with Gasteiger partial charge in [0, 0.05) is 27.8 Å². The molecule has 2 aromatic heterocycles. The van der Waals surface area contributed by atoms with Gasteiger partial charge in [-0.1, -0.05) is 28.1 Å². The summed E-state index contributed by atoms with van der Waals surface area (Å²) in [7, 11) is 0. The van der Waals surface area contributed by atoms with Gasteiger partial charge in [0.2, 0.25) is 0 Å². The van der Waals surface area contributed by atoms with Crippen LogP contribution in [0.3, 0.4) is 0 Å². The van der Waals surface area contributed by atoms with Crippen molar-refractivity contribution in [3.8, 4) is 5.69 Å². The van der Waals surface area contributed by atoms with Crippen LogP contribution >= 0.6 is 15.9 Å². The minimum atomic E-state index is -0.288. The van der Waals surface area contributed by atoms with E-state index in [0.29, 0.717) is 17.0 Å². The van der Waals surface area contributed by atoms with Crippen LogP contribution in [0.5, 0.6) is 0 Å². The number of aryl methyl sites for hydroxylation is 1. The average molecular weight is 396 g/mol. The lowest BCUT2D eigenvalue weighted by Gasteiger charge is -2.10. The van der Waals surface area contributed by atoms with E-state index in [1.54, 1.807) is 10.9 Å². The molecule has 0 saturated carbocycles. The Kier molecular flexibility index (Phi) is 3.89. The van der Waals surface area contributed by atoms with E-state index in [4.69, 9.17) is 4.42 Å². The van der Waals surface area contributed by atoms with Crippen LogP contribution < -0.4 is 5.32 Å². The van der Waals surface area contributed by atoms with Crippen molar-refractivity contribution in [2.75, 3.05) is 5.32 Å². The summed E-state index contributed by atoms with van der Waals surface area (Å²) in [6, 6.07) is 15.1. The van der Waals surface area contributed by atoms with Gasteiger partial charge in [0.15, 0.2) is 5.76 Å². The summed E-state index contributed by atoms with van der Waals surface area (Å²) in [5.74, 6) is 0.0211. The van der Waals surface area contributed by atoms with Gasteiger partial charge in [-0.3, -0.25) is 4.79 Å². The molecule has 1 N–H and O–H groups in total. The fourth-order valence-electron chi connectivity index (χ4n) is 2.79. The monoisotopic (exact) mass is 395 g/mol. The fourth-order valence-corrected chi connectivity index (χ4v) is 3.13. The number of benzene rings is 2. The minimum Gasteiger partial charge on any atom is -0.451 e. The van der Waals surface area contributed by atoms with Gasteiger partial charge in [0.25, 0.3) is 5.91 Å². The predicted molar refractivity (Wildman–Crippen MR) is 100 cm³/mol. The summed E-state index contributed by atoms with van der Waals surface area (Å²) in [6.45, 7) is 1.88. The Morgan fingerprint density at radius 2 is 2.04 bits per heavy atom. The molecular formula is C19H14BrN3O2. The Balaban J connectivity index is 1.71. The smallest absolute Gasteiger partial charge is 0.291 e. The number of amides is 1. The van der Waals surface area contributed by atoms with Gasteiger partial charge in [-0.2, -0.15) is 5.10 Å². The lowest BCUT2D eigenvalue weighted by Crippen LogP contribution is -2.14. The molecule has 0 fully saturated rings. The van der Waals surface area contributed by atoms with Crippen molar-refractivity contribution in [1.82, 2.24) is 9.78 Å². The molecule has 25 heavy (non-hydrogen) atoms. The van der Waals surface area contributed by atoms with E-state index in [1.807, 2.05) is 61.7 Å². The first-order chi connectivity index (χ1) is 12.1. The zero-order chi connectivity index (χ0) is 17.4. The van der Waals surface area contributed by atoms with Gasteiger partial charge in [0.1, 0.15) is 5.58 Å². The summed E-state index contributed by atoms with van der Waals surface area (Å²) in [6.07, 6.45) is 3.52. The van der Waals surface area contributed by atoms with Crippen LogP contribution in [-0.4, -0.2) is 15.7 Å². The fraction of sp³-hybridized carbons (Fsp3) is 0.0526. The number of para-hydroxylation sites is 2. The normalized spacial score (nSPS) is 11.0. The number of hydrogen-bond donors (Lipinski definition) is 1. The first-order valence-electron chi connectivity index (χ1n) is 7.72. The molecule has 6 heteroatoms. The van der Waals surface area contributed by atoms with Gasteiger partial charge in [-0.05, 0) is 43.3 Å². The summed E-state index contributed by atoms with van der Waals surface area (Å²) in [5, 5.41) is 8.08. The summed E-state index contributed by atoms with van der Waals surface area (Å²) in [5.41, 5.74) is 2.95. The molecule has 0 aliphatic rings. The number of hydrogen-bond acceptors (Lipinski definition) is 3. The number of carbonyl (C=O) groups excluding carboxylic acids is 1. The molecule has 0 spiro atoms. The van der Waals surface area contributed by atoms with E-state index < -0.39 is 0 Å². The van der Waals surface area contributed by atoms with Crippen molar-refractivity contribution < 1.29 is 9.21 Å². The maximum atomic E-state index is 12.8. The molecular weight excluding hydrogens is 382 g/mol. The SMILES string of the molecule is Cc1c(C(=O)Nc2ccccc2-n2cccn2)oc2cc(Br)ccc12. The number of furan rings is 1. The Bertz CT molecular complexity index is 1070. The number of fused-ring (bicyclic) bond motifs is 1. The third-order valence-electron chi connectivity index (χ3n) is 4.01. The molecule has 1 amide bonds. The molecule has 2 aromatic carbocycles. The first kappa shape index (κ1) is 15.7. The number of nitrogens with zero attached hydrogens (tertiary/aromatic N) is 2. The molecule has 0 aliphatic heterocycles. The van der Waals surface area contributed by atoms with Gasteiger partial charge in [-0.15, -0.1) is 0 Å². The lowest BCUT2D eigenvalue weighted by atomic mass is 10.1. The topological polar surface area (TPSA) is 60.1 Å². The molecule has 0 atom stereocenters. The second-order valence-corrected chi connectivity index (χ2v) is 6.53. The van der Waals surface area contributed by atoms with Crippen LogP contribution in [0.15, 0.2) is 69.8 Å². The Morgan fingerprint density at radius 1 is 1.20 bits per heavy atom. The zero-order valence-electron chi connectivity index (χ0n) is 13.4. The summed E-state index contributed by atoms with van der Waals surface area (Å²) >= 11 is 3.42. The maximum absolute atomic E-state index is 12.8. The van der Waals surface area contributed by atoms with Gasteiger partial charge < -0.3 is 9.73 Å². The maximum Gasteiger partial charge on any atom is 0.291 e. The Labute approximate surface area is 152 Å². The highest BCUT2D eigenvalue weighted by atomic mass is 79.9. The molecule has 2 heterocycles. The summed E-state index contributed by atoms with van der Waals surface area (Å²) in [4.78, 5) is 12.8. The predicted octanol–water partition coefficient (Wildman–Crippen LogP) is 4.94. The average Bonchev–Trinajstić information content (AvgIpc) is 3.24. The van der Waals surface area contributed by atoms with Crippen molar-refractivity contribution in [2.24, 2.45) is 0 Å². The van der Waals surface area contributed by atoms with Crippen LogP contribution in [-0.2, 0) is 0 Å². The number of nitrogens with one attached hydrogen (secondary N) is 1. The van der Waals surface area contributed by atoms with Crippen LogP contribution in [0, 0.1) is 6.92 Å². The number of rotatable bonds is 3. The van der Waals surface area contributed by atoms with Crippen LogP contribution in [0.2, 0.25) is 0 Å². The molecule has 0 unspecified atom stereocenters. The van der Waals surface area contributed by atoms with E-state index in [9.17, 15) is 4.79 Å². The quantitative estimate of drug-likeness (QED) is 0.534. The van der Waals surface area contributed by atoms with Crippen molar-refractivity contribution in [3.63, 3.8) is 0 Å². The van der Waals surface area contributed by atoms with E-state index in [2.05, 4.69) is 26.3 Å². The van der Waals surface area contributed by atoms with E-state index in [0.717, 1.165) is 21.1 Å². The third kappa shape index (κ3) is 2.85. The number of anilines is 1. The van der Waals surface area contributed by atoms with E-state index in [-0.39, 0.29) is 5.91 Å². The Morgan fingerprint density at radius 3 is 2.84 bits per heavy atom. The zero-order valence-corrected chi connectivity index (χ0v) is 14.9. The molecule has 0 saturated heterocycles. The largest absolute Gasteiger partial charge is 0.451 e. The second kappa shape index (κ2) is 6.22. The van der Waals surface area contributed by atoms with E-state index in [1.165, 1.54) is 0 Å². The number of carbonyl (C=O) groups is 1. The number of aromatic nitrogens is 2. The second-order valence-electron chi connectivity index (χ2n) is 5.62. The molecule has 5 nitrogen and oxygen atoms in total. The molecule has 0 radical (unpaired) electrons. The first-order valence-corrected chi connectivity index (χ1v) is 8.52. The highest BCUT2D eigenvalue weighted by Gasteiger charge is 2.19. The van der Waals surface area contributed by atoms with Crippen molar-refractivity contribution in [2.45, 2.75) is 6.92 Å². The highest BCUT2D eigenvalue weighted by Crippen LogP contribution is 2.29. The highest BCUT2D eigenvalue weighted by molar-refractivity contribution is 9.10. The van der Waals surface area contributed by atoms with Crippen LogP contribution in [0.25, 0.3) is 16.7 Å². The lowest BCUT2D eigenvalue weighted by molar-refractivity contribution is 0.0998. The van der Waals surface area contributed by atoms with Gasteiger partial charge in [-0.25, -0.2) is 4.68 Å². The van der Waals surface area contributed by atoms with Crippen molar-refractivity contribution >= 4 is 38.5 Å². The molecule has 4 aromatic rings. The third-order valence-corrected chi connectivity index (χ3v) is 4.50. The molecule has 124 valence electrons. The van der Waals surface area contributed by atoms with Crippen molar-refractivity contribution in [3.05, 3.63) is 76.7 Å².